The Labute approximate surface area is 244 Å². The molecular weight excluding hydrogens is 504 g/mol. The van der Waals surface area contributed by atoms with E-state index in [1.807, 2.05) is 24.3 Å². The number of hydrogen-bond donors (Lipinski definition) is 1. The lowest BCUT2D eigenvalue weighted by Crippen LogP contribution is -2.46. The predicted octanol–water partition coefficient (Wildman–Crippen LogP) is 6.92. The molecule has 1 saturated heterocycles. The number of hydrogen-bond acceptors (Lipinski definition) is 4. The molecule has 2 aliphatic rings. The second-order valence-corrected chi connectivity index (χ2v) is 11.9. The van der Waals surface area contributed by atoms with Crippen molar-refractivity contribution in [2.24, 2.45) is 5.92 Å². The first-order chi connectivity index (χ1) is 20.2. The lowest BCUT2D eigenvalue weighted by atomic mass is 9.84. The van der Waals surface area contributed by atoms with E-state index in [1.165, 1.54) is 37.7 Å². The summed E-state index contributed by atoms with van der Waals surface area (Å²) in [5.74, 6) is 0.590. The number of nitrogens with zero attached hydrogens (tertiary/aromatic N) is 3. The van der Waals surface area contributed by atoms with Gasteiger partial charge in [-0.2, -0.15) is 0 Å². The number of aromatic nitrogens is 1. The van der Waals surface area contributed by atoms with Gasteiger partial charge in [0, 0.05) is 61.8 Å². The van der Waals surface area contributed by atoms with Crippen LogP contribution in [0.4, 0.5) is 0 Å². The molecule has 0 unspecified atom stereocenters. The molecule has 1 N–H and O–H groups in total. The number of piperazine rings is 1. The Balaban J connectivity index is 1.31. The molecule has 3 aromatic carbocycles. The Bertz CT molecular complexity index is 1440. The molecule has 1 amide bonds. The highest BCUT2D eigenvalue weighted by molar-refractivity contribution is 6.09. The van der Waals surface area contributed by atoms with Crippen molar-refractivity contribution in [1.29, 1.82) is 0 Å². The van der Waals surface area contributed by atoms with E-state index in [9.17, 15) is 4.79 Å². The van der Waals surface area contributed by atoms with Crippen LogP contribution < -0.4 is 5.32 Å². The van der Waals surface area contributed by atoms with E-state index >= 15 is 0 Å². The van der Waals surface area contributed by atoms with Crippen LogP contribution in [0.2, 0.25) is 0 Å². The van der Waals surface area contributed by atoms with E-state index in [0.717, 1.165) is 66.0 Å². The molecule has 5 heteroatoms. The lowest BCUT2D eigenvalue weighted by Gasteiger charge is -2.35. The zero-order valence-electron chi connectivity index (χ0n) is 24.3. The quantitative estimate of drug-likeness (QED) is 0.261. The molecule has 2 heterocycles. The zero-order chi connectivity index (χ0) is 28.0. The highest BCUT2D eigenvalue weighted by atomic mass is 16.1. The summed E-state index contributed by atoms with van der Waals surface area (Å²) in [6.07, 6.45) is 6.25. The summed E-state index contributed by atoms with van der Waals surface area (Å²) in [6, 6.07) is 29.4. The Morgan fingerprint density at radius 3 is 2.12 bits per heavy atom. The van der Waals surface area contributed by atoms with Crippen molar-refractivity contribution in [3.05, 3.63) is 102 Å². The molecule has 4 aromatic rings. The van der Waals surface area contributed by atoms with Gasteiger partial charge in [0.15, 0.2) is 0 Å². The molecule has 0 radical (unpaired) electrons. The van der Waals surface area contributed by atoms with E-state index in [4.69, 9.17) is 4.98 Å². The van der Waals surface area contributed by atoms with Gasteiger partial charge in [-0.05, 0) is 37.3 Å². The number of rotatable bonds is 8. The van der Waals surface area contributed by atoms with Crippen LogP contribution in [0.15, 0.2) is 84.9 Å². The topological polar surface area (TPSA) is 48.5 Å². The normalized spacial score (nSPS) is 17.9. The van der Waals surface area contributed by atoms with E-state index < -0.39 is 0 Å². The minimum atomic E-state index is 0.0385. The number of nitrogens with one attached hydrogen (secondary N) is 1. The number of para-hydroxylation sites is 1. The zero-order valence-corrected chi connectivity index (χ0v) is 24.3. The summed E-state index contributed by atoms with van der Waals surface area (Å²) in [6.45, 7) is 7.84. The number of carbonyl (C=O) groups is 1. The Hall–Kier alpha value is -3.54. The third-order valence-corrected chi connectivity index (χ3v) is 9.08. The van der Waals surface area contributed by atoms with Crippen LogP contribution >= 0.6 is 0 Å². The molecular formula is C36H42N4O. The first-order valence-electron chi connectivity index (χ1n) is 15.4. The minimum Gasteiger partial charge on any atom is -0.349 e. The Morgan fingerprint density at radius 2 is 1.41 bits per heavy atom. The minimum absolute atomic E-state index is 0.0385. The van der Waals surface area contributed by atoms with Gasteiger partial charge in [0.25, 0.3) is 5.91 Å². The average molecular weight is 547 g/mol. The van der Waals surface area contributed by atoms with Gasteiger partial charge in [0.05, 0.1) is 16.8 Å². The highest BCUT2D eigenvalue weighted by Gasteiger charge is 2.28. The predicted molar refractivity (Wildman–Crippen MR) is 168 cm³/mol. The molecule has 1 saturated carbocycles. The maximum absolute atomic E-state index is 14.2. The van der Waals surface area contributed by atoms with Crippen molar-refractivity contribution >= 4 is 16.8 Å². The summed E-state index contributed by atoms with van der Waals surface area (Å²) in [4.78, 5) is 24.5. The third-order valence-electron chi connectivity index (χ3n) is 9.08. The van der Waals surface area contributed by atoms with E-state index in [0.29, 0.717) is 12.5 Å². The van der Waals surface area contributed by atoms with Crippen LogP contribution in [0, 0.1) is 5.92 Å². The van der Waals surface area contributed by atoms with Crippen LogP contribution in [0.3, 0.4) is 0 Å². The van der Waals surface area contributed by atoms with Crippen LogP contribution in [0.25, 0.3) is 22.2 Å². The van der Waals surface area contributed by atoms with Crippen molar-refractivity contribution < 1.29 is 4.79 Å². The highest BCUT2D eigenvalue weighted by Crippen LogP contribution is 2.33. The van der Waals surface area contributed by atoms with E-state index in [2.05, 4.69) is 82.7 Å². The van der Waals surface area contributed by atoms with Gasteiger partial charge in [-0.15, -0.1) is 0 Å². The molecule has 0 spiro atoms. The maximum Gasteiger partial charge on any atom is 0.252 e. The summed E-state index contributed by atoms with van der Waals surface area (Å²) in [7, 11) is 0. The van der Waals surface area contributed by atoms with Crippen molar-refractivity contribution in [3.63, 3.8) is 0 Å². The van der Waals surface area contributed by atoms with Crippen LogP contribution in [-0.2, 0) is 13.1 Å². The van der Waals surface area contributed by atoms with Gasteiger partial charge in [0.2, 0.25) is 0 Å². The Kier molecular flexibility index (Phi) is 8.74. The van der Waals surface area contributed by atoms with Gasteiger partial charge < -0.3 is 5.32 Å². The van der Waals surface area contributed by atoms with E-state index in [-0.39, 0.29) is 11.9 Å². The van der Waals surface area contributed by atoms with Gasteiger partial charge >= 0.3 is 0 Å². The fourth-order valence-electron chi connectivity index (χ4n) is 6.70. The molecule has 5 nitrogen and oxygen atoms in total. The molecule has 41 heavy (non-hydrogen) atoms. The largest absolute Gasteiger partial charge is 0.349 e. The first-order valence-corrected chi connectivity index (χ1v) is 15.4. The molecule has 1 aliphatic carbocycles. The van der Waals surface area contributed by atoms with Crippen LogP contribution in [0.5, 0.6) is 0 Å². The van der Waals surface area contributed by atoms with Crippen LogP contribution in [0.1, 0.15) is 60.5 Å². The number of benzene rings is 3. The molecule has 1 aliphatic heterocycles. The van der Waals surface area contributed by atoms with Crippen LogP contribution in [-0.4, -0.2) is 52.9 Å². The number of fused-ring (bicyclic) bond motifs is 1. The summed E-state index contributed by atoms with van der Waals surface area (Å²) >= 11 is 0. The van der Waals surface area contributed by atoms with Gasteiger partial charge in [0.1, 0.15) is 0 Å². The smallest absolute Gasteiger partial charge is 0.252 e. The lowest BCUT2D eigenvalue weighted by molar-refractivity contribution is 0.0915. The Morgan fingerprint density at radius 1 is 0.805 bits per heavy atom. The summed E-state index contributed by atoms with van der Waals surface area (Å²) in [5.41, 5.74) is 6.05. The standard InChI is InChI=1S/C36H42N4O/c1-27(29-15-7-3-8-16-29)37-36(41)34-31-19-11-12-20-33(31)38-35(30-17-9-4-10-18-30)32(34)26-40-23-21-39(22-24-40)25-28-13-5-2-6-14-28/h2,4-6,9-14,17-20,27,29H,3,7-8,15-16,21-26H2,1H3,(H,37,41)/t27-/m0/s1. The second kappa shape index (κ2) is 13.0. The van der Waals surface area contributed by atoms with Gasteiger partial charge in [-0.25, -0.2) is 4.98 Å². The third kappa shape index (κ3) is 6.52. The van der Waals surface area contributed by atoms with Crippen molar-refractivity contribution in [3.8, 4) is 11.3 Å². The fraction of sp³-hybridized carbons (Fsp3) is 0.389. The SMILES string of the molecule is C[C@H](NC(=O)c1c(CN2CCN(Cc3ccccc3)CC2)c(-c2ccccc2)nc2ccccc12)C1CCCCC1. The summed E-state index contributed by atoms with van der Waals surface area (Å²) in [5, 5.41) is 4.40. The molecule has 2 fully saturated rings. The molecule has 6 rings (SSSR count). The average Bonchev–Trinajstić information content (AvgIpc) is 3.03. The molecule has 212 valence electrons. The molecule has 1 aromatic heterocycles. The van der Waals surface area contributed by atoms with Gasteiger partial charge in [-0.3, -0.25) is 14.6 Å². The number of pyridine rings is 1. The molecule has 0 bridgehead atoms. The maximum atomic E-state index is 14.2. The van der Waals surface area contributed by atoms with Crippen molar-refractivity contribution in [1.82, 2.24) is 20.1 Å². The van der Waals surface area contributed by atoms with Crippen molar-refractivity contribution in [2.75, 3.05) is 26.2 Å². The number of carbonyl (C=O) groups excluding carboxylic acids is 1. The van der Waals surface area contributed by atoms with E-state index in [1.54, 1.807) is 0 Å². The first kappa shape index (κ1) is 27.6. The summed E-state index contributed by atoms with van der Waals surface area (Å²) < 4.78 is 0. The fourth-order valence-corrected chi connectivity index (χ4v) is 6.70. The van der Waals surface area contributed by atoms with Crippen molar-refractivity contribution in [2.45, 2.75) is 58.2 Å². The molecule has 1 atom stereocenters. The monoisotopic (exact) mass is 546 g/mol. The van der Waals surface area contributed by atoms with Gasteiger partial charge in [-0.1, -0.05) is 98.1 Å². The number of amides is 1. The second-order valence-electron chi connectivity index (χ2n) is 11.9.